The summed E-state index contributed by atoms with van der Waals surface area (Å²) in [6.45, 7) is 1.82. The van der Waals surface area contributed by atoms with Gasteiger partial charge in [0.25, 0.3) is 0 Å². The third-order valence-corrected chi connectivity index (χ3v) is 3.48. The Bertz CT molecular complexity index is 542. The molecular weight excluding hydrogens is 280 g/mol. The lowest BCUT2D eigenvalue weighted by molar-refractivity contribution is 0.623. The van der Waals surface area contributed by atoms with Crippen LogP contribution in [0, 0.1) is 0 Å². The van der Waals surface area contributed by atoms with Crippen molar-refractivity contribution in [3.8, 4) is 11.4 Å². The molecule has 2 aromatic heterocycles. The first-order valence-electron chi connectivity index (χ1n) is 5.51. The van der Waals surface area contributed by atoms with Crippen molar-refractivity contribution in [2.24, 2.45) is 0 Å². The zero-order valence-corrected chi connectivity index (χ0v) is 10.7. The van der Waals surface area contributed by atoms with E-state index in [-0.39, 0.29) is 0 Å². The SMILES string of the molecule is Brc1nc(-c2ccncc2)nc2c1CNCC2. The first-order valence-corrected chi connectivity index (χ1v) is 6.30. The van der Waals surface area contributed by atoms with Crippen molar-refractivity contribution in [2.75, 3.05) is 6.54 Å². The first-order chi connectivity index (χ1) is 8.34. The van der Waals surface area contributed by atoms with E-state index in [1.54, 1.807) is 12.4 Å². The predicted molar refractivity (Wildman–Crippen MR) is 68.4 cm³/mol. The van der Waals surface area contributed by atoms with Gasteiger partial charge in [0.1, 0.15) is 4.60 Å². The molecule has 5 heteroatoms. The lowest BCUT2D eigenvalue weighted by Gasteiger charge is -2.17. The van der Waals surface area contributed by atoms with Crippen LogP contribution in [0.15, 0.2) is 29.1 Å². The van der Waals surface area contributed by atoms with Crippen molar-refractivity contribution in [1.82, 2.24) is 20.3 Å². The lowest BCUT2D eigenvalue weighted by atomic mass is 10.1. The average molecular weight is 291 g/mol. The summed E-state index contributed by atoms with van der Waals surface area (Å²) in [7, 11) is 0. The van der Waals surface area contributed by atoms with E-state index < -0.39 is 0 Å². The molecular formula is C12H11BrN4. The van der Waals surface area contributed by atoms with Crippen LogP contribution in [0.1, 0.15) is 11.3 Å². The second-order valence-corrected chi connectivity index (χ2v) is 4.68. The van der Waals surface area contributed by atoms with Crippen LogP contribution < -0.4 is 5.32 Å². The minimum Gasteiger partial charge on any atom is -0.312 e. The van der Waals surface area contributed by atoms with Gasteiger partial charge in [-0.15, -0.1) is 0 Å². The van der Waals surface area contributed by atoms with Gasteiger partial charge in [0, 0.05) is 43.0 Å². The minimum atomic E-state index is 0.764. The van der Waals surface area contributed by atoms with Crippen LogP contribution in [-0.4, -0.2) is 21.5 Å². The number of halogens is 1. The highest BCUT2D eigenvalue weighted by Gasteiger charge is 2.16. The van der Waals surface area contributed by atoms with Gasteiger partial charge >= 0.3 is 0 Å². The molecule has 0 saturated heterocycles. The molecule has 0 saturated carbocycles. The molecule has 0 aliphatic carbocycles. The number of nitrogens with zero attached hydrogens (tertiary/aromatic N) is 3. The Hall–Kier alpha value is -1.33. The lowest BCUT2D eigenvalue weighted by Crippen LogP contribution is -2.25. The average Bonchev–Trinajstić information content (AvgIpc) is 2.40. The Balaban J connectivity index is 2.11. The summed E-state index contributed by atoms with van der Waals surface area (Å²) >= 11 is 3.52. The van der Waals surface area contributed by atoms with Gasteiger partial charge in [0.05, 0.1) is 5.69 Å². The fraction of sp³-hybridized carbons (Fsp3) is 0.250. The normalized spacial score (nSPS) is 14.4. The highest BCUT2D eigenvalue weighted by Crippen LogP contribution is 2.24. The fourth-order valence-electron chi connectivity index (χ4n) is 1.93. The van der Waals surface area contributed by atoms with E-state index in [9.17, 15) is 0 Å². The van der Waals surface area contributed by atoms with Gasteiger partial charge in [-0.3, -0.25) is 4.98 Å². The van der Waals surface area contributed by atoms with Crippen molar-refractivity contribution < 1.29 is 0 Å². The quantitative estimate of drug-likeness (QED) is 0.816. The molecule has 1 aliphatic rings. The summed E-state index contributed by atoms with van der Waals surface area (Å²) in [6, 6.07) is 3.85. The van der Waals surface area contributed by atoms with E-state index in [0.29, 0.717) is 0 Å². The number of aromatic nitrogens is 3. The molecule has 1 N–H and O–H groups in total. The third-order valence-electron chi connectivity index (χ3n) is 2.82. The predicted octanol–water partition coefficient (Wildman–Crippen LogP) is 1.95. The van der Waals surface area contributed by atoms with E-state index >= 15 is 0 Å². The number of pyridine rings is 1. The van der Waals surface area contributed by atoms with Crippen LogP contribution in [0.5, 0.6) is 0 Å². The monoisotopic (exact) mass is 290 g/mol. The van der Waals surface area contributed by atoms with E-state index in [0.717, 1.165) is 41.2 Å². The molecule has 0 spiro atoms. The van der Waals surface area contributed by atoms with E-state index in [1.807, 2.05) is 12.1 Å². The van der Waals surface area contributed by atoms with Gasteiger partial charge < -0.3 is 5.32 Å². The number of nitrogens with one attached hydrogen (secondary N) is 1. The third kappa shape index (κ3) is 2.08. The highest BCUT2D eigenvalue weighted by molar-refractivity contribution is 9.10. The Kier molecular flexibility index (Phi) is 2.86. The molecule has 1 aliphatic heterocycles. The molecule has 0 bridgehead atoms. The van der Waals surface area contributed by atoms with Gasteiger partial charge in [-0.25, -0.2) is 9.97 Å². The van der Waals surface area contributed by atoms with Crippen molar-refractivity contribution in [1.29, 1.82) is 0 Å². The van der Waals surface area contributed by atoms with Gasteiger partial charge in [0.2, 0.25) is 0 Å². The van der Waals surface area contributed by atoms with Crippen LogP contribution in [0.4, 0.5) is 0 Å². The molecule has 0 fully saturated rings. The Labute approximate surface area is 108 Å². The Morgan fingerprint density at radius 1 is 1.18 bits per heavy atom. The van der Waals surface area contributed by atoms with Crippen LogP contribution in [0.3, 0.4) is 0 Å². The fourth-order valence-corrected chi connectivity index (χ4v) is 2.47. The zero-order chi connectivity index (χ0) is 11.7. The standard InChI is InChI=1S/C12H11BrN4/c13-11-9-7-15-6-3-10(9)16-12(17-11)8-1-4-14-5-2-8/h1-2,4-5,15H,3,6-7H2. The number of fused-ring (bicyclic) bond motifs is 1. The summed E-state index contributed by atoms with van der Waals surface area (Å²) in [4.78, 5) is 13.1. The van der Waals surface area contributed by atoms with Crippen LogP contribution in [0.2, 0.25) is 0 Å². The molecule has 2 aromatic rings. The molecule has 4 nitrogen and oxygen atoms in total. The minimum absolute atomic E-state index is 0.764. The first kappa shape index (κ1) is 10.8. The molecule has 17 heavy (non-hydrogen) atoms. The summed E-state index contributed by atoms with van der Waals surface area (Å²) in [5, 5.41) is 3.32. The van der Waals surface area contributed by atoms with Crippen molar-refractivity contribution >= 4 is 15.9 Å². The number of hydrogen-bond acceptors (Lipinski definition) is 4. The Morgan fingerprint density at radius 3 is 2.82 bits per heavy atom. The molecule has 0 radical (unpaired) electrons. The van der Waals surface area contributed by atoms with E-state index in [4.69, 9.17) is 0 Å². The molecule has 3 rings (SSSR count). The highest BCUT2D eigenvalue weighted by atomic mass is 79.9. The summed E-state index contributed by atoms with van der Waals surface area (Å²) in [5.74, 6) is 0.764. The molecule has 86 valence electrons. The molecule has 0 atom stereocenters. The van der Waals surface area contributed by atoms with Crippen molar-refractivity contribution in [2.45, 2.75) is 13.0 Å². The molecule has 0 aromatic carbocycles. The van der Waals surface area contributed by atoms with Gasteiger partial charge in [-0.2, -0.15) is 0 Å². The number of rotatable bonds is 1. The molecule has 0 unspecified atom stereocenters. The van der Waals surface area contributed by atoms with Crippen molar-refractivity contribution in [3.63, 3.8) is 0 Å². The van der Waals surface area contributed by atoms with Crippen molar-refractivity contribution in [3.05, 3.63) is 40.4 Å². The maximum Gasteiger partial charge on any atom is 0.160 e. The second kappa shape index (κ2) is 4.50. The zero-order valence-electron chi connectivity index (χ0n) is 9.15. The van der Waals surface area contributed by atoms with Gasteiger partial charge in [0.15, 0.2) is 5.82 Å². The van der Waals surface area contributed by atoms with E-state index in [2.05, 4.69) is 36.2 Å². The molecule has 3 heterocycles. The van der Waals surface area contributed by atoms with E-state index in [1.165, 1.54) is 5.56 Å². The maximum absolute atomic E-state index is 4.64. The van der Waals surface area contributed by atoms with Crippen LogP contribution in [0.25, 0.3) is 11.4 Å². The van der Waals surface area contributed by atoms with Crippen LogP contribution in [-0.2, 0) is 13.0 Å². The summed E-state index contributed by atoms with van der Waals surface area (Å²) < 4.78 is 0.890. The smallest absolute Gasteiger partial charge is 0.160 e. The molecule has 0 amide bonds. The largest absolute Gasteiger partial charge is 0.312 e. The number of hydrogen-bond donors (Lipinski definition) is 1. The topological polar surface area (TPSA) is 50.7 Å². The summed E-state index contributed by atoms with van der Waals surface area (Å²) in [6.07, 6.45) is 4.47. The van der Waals surface area contributed by atoms with Crippen LogP contribution >= 0.6 is 15.9 Å². The maximum atomic E-state index is 4.64. The van der Waals surface area contributed by atoms with Gasteiger partial charge in [-0.1, -0.05) is 0 Å². The van der Waals surface area contributed by atoms with Gasteiger partial charge in [-0.05, 0) is 28.1 Å². The second-order valence-electron chi connectivity index (χ2n) is 3.93. The summed E-state index contributed by atoms with van der Waals surface area (Å²) in [5.41, 5.74) is 3.31. The Morgan fingerprint density at radius 2 is 2.00 bits per heavy atom.